The number of carbonyl (C=O) groups is 2. The summed E-state index contributed by atoms with van der Waals surface area (Å²) in [4.78, 5) is 22.8. The molecule has 0 heterocycles. The molecule has 1 rings (SSSR count). The first-order chi connectivity index (χ1) is 9.17. The van der Waals surface area contributed by atoms with Crippen molar-refractivity contribution < 1.29 is 19.1 Å². The molecule has 0 N–H and O–H groups in total. The molecule has 110 valence electrons. The van der Waals surface area contributed by atoms with E-state index in [9.17, 15) is 9.59 Å². The fourth-order valence-electron chi connectivity index (χ4n) is 1.61. The van der Waals surface area contributed by atoms with Crippen molar-refractivity contribution in [2.45, 2.75) is 52.7 Å². The van der Waals surface area contributed by atoms with E-state index in [0.29, 0.717) is 12.2 Å². The lowest BCUT2D eigenvalue weighted by Crippen LogP contribution is -2.33. The van der Waals surface area contributed by atoms with Crippen LogP contribution in [0.3, 0.4) is 0 Å². The standard InChI is InChI=1S/C16H22O4/c1-11(17)10-13-6-8-14(9-7-13)19-12(2)15(18)20-16(3,4)5/h6-9,12H,10H2,1-5H3. The van der Waals surface area contributed by atoms with Crippen LogP contribution in [0.1, 0.15) is 40.2 Å². The summed E-state index contributed by atoms with van der Waals surface area (Å²) in [6, 6.07) is 7.13. The van der Waals surface area contributed by atoms with Crippen molar-refractivity contribution in [2.75, 3.05) is 0 Å². The zero-order valence-electron chi connectivity index (χ0n) is 12.7. The Labute approximate surface area is 120 Å². The van der Waals surface area contributed by atoms with E-state index in [4.69, 9.17) is 9.47 Å². The molecule has 1 atom stereocenters. The molecule has 0 aromatic heterocycles. The molecule has 0 bridgehead atoms. The molecule has 0 saturated heterocycles. The van der Waals surface area contributed by atoms with E-state index in [-0.39, 0.29) is 5.78 Å². The molecule has 1 unspecified atom stereocenters. The Morgan fingerprint density at radius 3 is 2.15 bits per heavy atom. The van der Waals surface area contributed by atoms with Crippen molar-refractivity contribution in [3.05, 3.63) is 29.8 Å². The number of esters is 1. The summed E-state index contributed by atoms with van der Waals surface area (Å²) in [7, 11) is 0. The van der Waals surface area contributed by atoms with Crippen molar-refractivity contribution in [3.63, 3.8) is 0 Å². The van der Waals surface area contributed by atoms with Crippen LogP contribution < -0.4 is 4.74 Å². The third-order valence-corrected chi connectivity index (χ3v) is 2.43. The van der Waals surface area contributed by atoms with Crippen molar-refractivity contribution in [3.8, 4) is 5.75 Å². The second-order valence-corrected chi connectivity index (χ2v) is 5.82. The Balaban J connectivity index is 2.60. The van der Waals surface area contributed by atoms with Gasteiger partial charge in [-0.05, 0) is 52.3 Å². The Morgan fingerprint density at radius 1 is 1.15 bits per heavy atom. The summed E-state index contributed by atoms with van der Waals surface area (Å²) in [6.45, 7) is 8.64. The van der Waals surface area contributed by atoms with Gasteiger partial charge >= 0.3 is 5.97 Å². The SMILES string of the molecule is CC(=O)Cc1ccc(OC(C)C(=O)OC(C)(C)C)cc1. The molecular weight excluding hydrogens is 256 g/mol. The van der Waals surface area contributed by atoms with Crippen LogP contribution in [0.15, 0.2) is 24.3 Å². The normalized spacial score (nSPS) is 12.7. The van der Waals surface area contributed by atoms with Crippen LogP contribution in [-0.2, 0) is 20.7 Å². The van der Waals surface area contributed by atoms with Gasteiger partial charge in [0.05, 0.1) is 0 Å². The Morgan fingerprint density at radius 2 is 1.70 bits per heavy atom. The molecular formula is C16H22O4. The van der Waals surface area contributed by atoms with E-state index in [1.54, 1.807) is 26.0 Å². The average Bonchev–Trinajstić information content (AvgIpc) is 2.28. The highest BCUT2D eigenvalue weighted by atomic mass is 16.6. The predicted octanol–water partition coefficient (Wildman–Crippen LogP) is 2.93. The minimum Gasteiger partial charge on any atom is -0.479 e. The highest BCUT2D eigenvalue weighted by Gasteiger charge is 2.22. The van der Waals surface area contributed by atoms with Crippen molar-refractivity contribution in [2.24, 2.45) is 0 Å². The molecule has 0 fully saturated rings. The van der Waals surface area contributed by atoms with Crippen LogP contribution in [0.25, 0.3) is 0 Å². The van der Waals surface area contributed by atoms with Gasteiger partial charge in [0.25, 0.3) is 0 Å². The first kappa shape index (κ1) is 16.2. The fourth-order valence-corrected chi connectivity index (χ4v) is 1.61. The summed E-state index contributed by atoms with van der Waals surface area (Å²) in [6.07, 6.45) is -0.269. The van der Waals surface area contributed by atoms with Crippen LogP contribution in [0, 0.1) is 0 Å². The topological polar surface area (TPSA) is 52.6 Å². The van der Waals surface area contributed by atoms with E-state index in [2.05, 4.69) is 0 Å². The summed E-state index contributed by atoms with van der Waals surface area (Å²) in [5.41, 5.74) is 0.398. The van der Waals surface area contributed by atoms with E-state index < -0.39 is 17.7 Å². The minimum absolute atomic E-state index is 0.112. The molecule has 4 heteroatoms. The van der Waals surface area contributed by atoms with Gasteiger partial charge in [0.15, 0.2) is 6.10 Å². The summed E-state index contributed by atoms with van der Waals surface area (Å²) in [5, 5.41) is 0. The Bertz CT molecular complexity index is 468. The summed E-state index contributed by atoms with van der Waals surface area (Å²) < 4.78 is 10.8. The lowest BCUT2D eigenvalue weighted by atomic mass is 10.1. The van der Waals surface area contributed by atoms with Crippen LogP contribution in [0.2, 0.25) is 0 Å². The molecule has 0 aliphatic rings. The maximum absolute atomic E-state index is 11.8. The number of benzene rings is 1. The minimum atomic E-state index is -0.673. The van der Waals surface area contributed by atoms with Crippen molar-refractivity contribution >= 4 is 11.8 Å². The van der Waals surface area contributed by atoms with Crippen LogP contribution in [0.4, 0.5) is 0 Å². The van der Waals surface area contributed by atoms with Crippen LogP contribution in [-0.4, -0.2) is 23.5 Å². The second-order valence-electron chi connectivity index (χ2n) is 5.82. The first-order valence-electron chi connectivity index (χ1n) is 6.65. The maximum atomic E-state index is 11.8. The lowest BCUT2D eigenvalue weighted by Gasteiger charge is -2.22. The average molecular weight is 278 g/mol. The second kappa shape index (κ2) is 6.55. The zero-order chi connectivity index (χ0) is 15.3. The van der Waals surface area contributed by atoms with Crippen LogP contribution in [0.5, 0.6) is 5.75 Å². The number of ketones is 1. The van der Waals surface area contributed by atoms with Gasteiger partial charge in [0.1, 0.15) is 17.1 Å². The highest BCUT2D eigenvalue weighted by molar-refractivity contribution is 5.78. The number of hydrogen-bond donors (Lipinski definition) is 0. The molecule has 0 radical (unpaired) electrons. The number of ether oxygens (including phenoxy) is 2. The van der Waals surface area contributed by atoms with E-state index in [1.165, 1.54) is 0 Å². The first-order valence-corrected chi connectivity index (χ1v) is 6.65. The Kier molecular flexibility index (Phi) is 5.31. The zero-order valence-corrected chi connectivity index (χ0v) is 12.7. The number of hydrogen-bond acceptors (Lipinski definition) is 4. The molecule has 0 amide bonds. The monoisotopic (exact) mass is 278 g/mol. The third-order valence-electron chi connectivity index (χ3n) is 2.43. The number of carbonyl (C=O) groups excluding carboxylic acids is 2. The molecule has 0 spiro atoms. The molecule has 20 heavy (non-hydrogen) atoms. The quantitative estimate of drug-likeness (QED) is 0.777. The van der Waals surface area contributed by atoms with E-state index in [0.717, 1.165) is 5.56 Å². The summed E-state index contributed by atoms with van der Waals surface area (Å²) in [5.74, 6) is 0.293. The summed E-state index contributed by atoms with van der Waals surface area (Å²) >= 11 is 0. The fraction of sp³-hybridized carbons (Fsp3) is 0.500. The molecule has 0 aliphatic carbocycles. The number of Topliss-reactive ketones (excluding diaryl/α,β-unsaturated/α-hetero) is 1. The van der Waals surface area contributed by atoms with Gasteiger partial charge in [-0.15, -0.1) is 0 Å². The van der Waals surface area contributed by atoms with Gasteiger partial charge in [-0.1, -0.05) is 12.1 Å². The largest absolute Gasteiger partial charge is 0.479 e. The van der Waals surface area contributed by atoms with Gasteiger partial charge in [-0.25, -0.2) is 4.79 Å². The number of rotatable bonds is 5. The van der Waals surface area contributed by atoms with Gasteiger partial charge in [0, 0.05) is 6.42 Å². The predicted molar refractivity (Wildman–Crippen MR) is 76.8 cm³/mol. The molecule has 0 saturated carbocycles. The third kappa shape index (κ3) is 5.87. The van der Waals surface area contributed by atoms with Crippen molar-refractivity contribution in [1.29, 1.82) is 0 Å². The molecule has 1 aromatic rings. The van der Waals surface area contributed by atoms with Gasteiger partial charge < -0.3 is 9.47 Å². The van der Waals surface area contributed by atoms with E-state index in [1.807, 2.05) is 32.9 Å². The molecule has 1 aromatic carbocycles. The van der Waals surface area contributed by atoms with Crippen LogP contribution >= 0.6 is 0 Å². The van der Waals surface area contributed by atoms with E-state index >= 15 is 0 Å². The lowest BCUT2D eigenvalue weighted by molar-refractivity contribution is -0.162. The maximum Gasteiger partial charge on any atom is 0.347 e. The Hall–Kier alpha value is -1.84. The molecule has 0 aliphatic heterocycles. The highest BCUT2D eigenvalue weighted by Crippen LogP contribution is 2.16. The van der Waals surface area contributed by atoms with Gasteiger partial charge in [0.2, 0.25) is 0 Å². The molecule has 4 nitrogen and oxygen atoms in total. The van der Waals surface area contributed by atoms with Gasteiger partial charge in [-0.2, -0.15) is 0 Å². The van der Waals surface area contributed by atoms with Gasteiger partial charge in [-0.3, -0.25) is 4.79 Å². The van der Waals surface area contributed by atoms with Crippen molar-refractivity contribution in [1.82, 2.24) is 0 Å². The smallest absolute Gasteiger partial charge is 0.347 e.